The van der Waals surface area contributed by atoms with Gasteiger partial charge in [0.25, 0.3) is 0 Å². The molecule has 0 bridgehead atoms. The first-order valence-corrected chi connectivity index (χ1v) is 17.0. The molecule has 4 fully saturated rings. The number of fused-ring (bicyclic) bond motifs is 7. The zero-order valence-corrected chi connectivity index (χ0v) is 28.6. The Morgan fingerprint density at radius 3 is 1.96 bits per heavy atom. The molecule has 4 saturated carbocycles. The van der Waals surface area contributed by atoms with Crippen LogP contribution in [0, 0.1) is 50.2 Å². The number of Topliss-reactive ketones (excluding diaryl/α,β-unsaturated/α-hetero) is 1. The van der Waals surface area contributed by atoms with Crippen LogP contribution < -0.4 is 0 Å². The Morgan fingerprint density at radius 1 is 0.783 bits per heavy atom. The van der Waals surface area contributed by atoms with Crippen molar-refractivity contribution >= 4 is 24.0 Å². The van der Waals surface area contributed by atoms with E-state index in [1.807, 2.05) is 0 Å². The summed E-state index contributed by atoms with van der Waals surface area (Å²) in [5.41, 5.74) is 1.06. The number of carboxylic acids is 2. The van der Waals surface area contributed by atoms with Crippen molar-refractivity contribution in [3.8, 4) is 0 Å². The van der Waals surface area contributed by atoms with Crippen LogP contribution in [0.4, 0.5) is 0 Å². The monoisotopic (exact) mass is 648 g/mol. The van der Waals surface area contributed by atoms with Gasteiger partial charge in [-0.05, 0) is 97.2 Å². The first-order valence-electron chi connectivity index (χ1n) is 17.0. The molecule has 0 amide bonds. The summed E-state index contributed by atoms with van der Waals surface area (Å²) in [6.45, 7) is 16.6. The highest BCUT2D eigenvalue weighted by atomic mass is 16.4. The molecule has 5 aliphatic carbocycles. The molecule has 0 aliphatic heterocycles. The van der Waals surface area contributed by atoms with Gasteiger partial charge in [0, 0.05) is 11.8 Å². The van der Waals surface area contributed by atoms with Crippen LogP contribution in [0.25, 0.3) is 0 Å². The number of rotatable bonds is 6. The van der Waals surface area contributed by atoms with E-state index in [4.69, 9.17) is 25.5 Å². The Hall–Kier alpha value is -2.14. The summed E-state index contributed by atoms with van der Waals surface area (Å²) < 4.78 is 0. The van der Waals surface area contributed by atoms with Gasteiger partial charge in [-0.1, -0.05) is 60.1 Å². The fourth-order valence-corrected chi connectivity index (χ4v) is 11.1. The number of hydrogen-bond donors (Lipinski definition) is 6. The van der Waals surface area contributed by atoms with Gasteiger partial charge in [0.15, 0.2) is 12.4 Å². The summed E-state index contributed by atoms with van der Waals surface area (Å²) >= 11 is 0. The van der Waals surface area contributed by atoms with E-state index in [-0.39, 0.29) is 33.4 Å². The van der Waals surface area contributed by atoms with Crippen molar-refractivity contribution in [2.24, 2.45) is 50.2 Å². The zero-order chi connectivity index (χ0) is 34.8. The standard InChI is InChI=1S/C30H46O3.C6H10O7/c1-25(2)14-16-30(24(32)33)17-15-28(6)19(20(30)18-25)8-9-22-27(5)12-11-23(31)26(3,4)21(27)10-13-29(22,28)7;7-1-2(8)3(9)4(10)5(11)6(12)13/h18-19,21-22H,8-17H2,1-7H3,(H,32,33);1-5,8-11H,(H,12,13)/t19-,21+,22-,27+,28-,29-,30+;2-,3+,4-,5-/m10/s1. The topological polar surface area (TPSA) is 190 Å². The number of allylic oxidation sites excluding steroid dienone is 1. The Bertz CT molecular complexity index is 1270. The van der Waals surface area contributed by atoms with Gasteiger partial charge in [-0.15, -0.1) is 0 Å². The van der Waals surface area contributed by atoms with Crippen molar-refractivity contribution in [2.75, 3.05) is 0 Å². The Labute approximate surface area is 272 Å². The fraction of sp³-hybridized carbons (Fsp3) is 0.833. The SMILES string of the molecule is CC1(C)C=C2[C@H]3CC[C@@H]4[C@@]5(C)CCC(=O)C(C)(C)[C@@H]5CC[C@@]4(C)[C@]3(C)CC[C@@]2(C(=O)O)CC1.O=C[C@H](O)[C@@H](O)[C@H](O)[C@H](O)C(=O)O. The Balaban J connectivity index is 0.000000315. The zero-order valence-electron chi connectivity index (χ0n) is 28.6. The molecule has 5 aliphatic rings. The lowest BCUT2D eigenvalue weighted by Crippen LogP contribution is -2.65. The van der Waals surface area contributed by atoms with Gasteiger partial charge in [0.1, 0.15) is 24.1 Å². The van der Waals surface area contributed by atoms with Crippen LogP contribution >= 0.6 is 0 Å². The summed E-state index contributed by atoms with van der Waals surface area (Å²) in [5.74, 6) is -0.411. The number of hydrogen-bond acceptors (Lipinski definition) is 8. The van der Waals surface area contributed by atoms with Crippen molar-refractivity contribution in [1.29, 1.82) is 0 Å². The summed E-state index contributed by atoms with van der Waals surface area (Å²) in [7, 11) is 0. The van der Waals surface area contributed by atoms with Crippen LogP contribution in [-0.4, -0.2) is 79.1 Å². The van der Waals surface area contributed by atoms with Crippen molar-refractivity contribution < 1.29 is 49.8 Å². The quantitative estimate of drug-likeness (QED) is 0.180. The van der Waals surface area contributed by atoms with E-state index in [1.54, 1.807) is 0 Å². The van der Waals surface area contributed by atoms with Crippen LogP contribution in [-0.2, 0) is 19.2 Å². The maximum Gasteiger partial charge on any atom is 0.335 e. The van der Waals surface area contributed by atoms with E-state index in [9.17, 15) is 24.3 Å². The first kappa shape index (κ1) is 36.7. The molecule has 0 saturated heterocycles. The number of carbonyl (C=O) groups excluding carboxylic acids is 2. The normalized spacial score (nSPS) is 41.7. The van der Waals surface area contributed by atoms with Gasteiger partial charge >= 0.3 is 11.9 Å². The lowest BCUT2D eigenvalue weighted by molar-refractivity contribution is -0.213. The molecule has 0 spiro atoms. The molecular weight excluding hydrogens is 592 g/mol. The third-order valence-corrected chi connectivity index (χ3v) is 14.2. The second kappa shape index (κ2) is 12.1. The summed E-state index contributed by atoms with van der Waals surface area (Å²) in [6, 6.07) is 0. The number of ketones is 1. The average molecular weight is 649 g/mol. The minimum Gasteiger partial charge on any atom is -0.481 e. The van der Waals surface area contributed by atoms with Gasteiger partial charge in [-0.2, -0.15) is 0 Å². The van der Waals surface area contributed by atoms with Gasteiger partial charge in [-0.3, -0.25) is 9.59 Å². The first-order chi connectivity index (χ1) is 21.1. The summed E-state index contributed by atoms with van der Waals surface area (Å²) in [6.07, 6.45) is 3.98. The van der Waals surface area contributed by atoms with Crippen LogP contribution in [0.15, 0.2) is 11.6 Å². The second-order valence-electron chi connectivity index (χ2n) is 17.1. The minimum atomic E-state index is -2.25. The van der Waals surface area contributed by atoms with Crippen LogP contribution in [0.2, 0.25) is 0 Å². The van der Waals surface area contributed by atoms with Crippen molar-refractivity contribution in [1.82, 2.24) is 0 Å². The van der Waals surface area contributed by atoms with Gasteiger partial charge in [0.2, 0.25) is 0 Å². The van der Waals surface area contributed by atoms with Crippen LogP contribution in [0.3, 0.4) is 0 Å². The van der Waals surface area contributed by atoms with E-state index in [0.29, 0.717) is 23.5 Å². The molecule has 11 atom stereocenters. The Kier molecular flexibility index (Phi) is 9.63. The molecule has 0 aromatic rings. The molecule has 10 nitrogen and oxygen atoms in total. The molecule has 6 N–H and O–H groups in total. The smallest absolute Gasteiger partial charge is 0.335 e. The molecule has 0 aromatic heterocycles. The van der Waals surface area contributed by atoms with Crippen LogP contribution in [0.5, 0.6) is 0 Å². The number of aliphatic hydroxyl groups excluding tert-OH is 4. The van der Waals surface area contributed by atoms with Gasteiger partial charge in [-0.25, -0.2) is 4.79 Å². The minimum absolute atomic E-state index is 0.0809. The van der Waals surface area contributed by atoms with Crippen molar-refractivity contribution in [2.45, 2.75) is 137 Å². The molecule has 0 radical (unpaired) electrons. The largest absolute Gasteiger partial charge is 0.481 e. The van der Waals surface area contributed by atoms with Gasteiger partial charge in [0.05, 0.1) is 5.41 Å². The van der Waals surface area contributed by atoms with E-state index < -0.39 is 41.8 Å². The highest BCUT2D eigenvalue weighted by Gasteiger charge is 2.69. The van der Waals surface area contributed by atoms with Gasteiger partial charge < -0.3 is 35.4 Å². The number of aliphatic hydroxyl groups is 4. The van der Waals surface area contributed by atoms with E-state index >= 15 is 0 Å². The van der Waals surface area contributed by atoms with E-state index in [2.05, 4.69) is 54.5 Å². The van der Waals surface area contributed by atoms with Crippen molar-refractivity contribution in [3.63, 3.8) is 0 Å². The summed E-state index contributed by atoms with van der Waals surface area (Å²) in [5, 5.41) is 53.7. The highest BCUT2D eigenvalue weighted by molar-refractivity contribution is 5.85. The fourth-order valence-electron chi connectivity index (χ4n) is 11.1. The summed E-state index contributed by atoms with van der Waals surface area (Å²) in [4.78, 5) is 45.6. The third-order valence-electron chi connectivity index (χ3n) is 14.2. The molecule has 5 rings (SSSR count). The number of aldehydes is 1. The van der Waals surface area contributed by atoms with E-state index in [1.165, 1.54) is 18.4 Å². The molecule has 260 valence electrons. The number of aliphatic carboxylic acids is 2. The molecule has 46 heavy (non-hydrogen) atoms. The predicted molar refractivity (Wildman–Crippen MR) is 169 cm³/mol. The molecule has 0 aromatic carbocycles. The number of carbonyl (C=O) groups is 4. The van der Waals surface area contributed by atoms with E-state index in [0.717, 1.165) is 51.4 Å². The molecule has 10 heteroatoms. The molecule has 0 heterocycles. The Morgan fingerprint density at radius 2 is 1.39 bits per heavy atom. The maximum atomic E-state index is 12.9. The van der Waals surface area contributed by atoms with Crippen molar-refractivity contribution in [3.05, 3.63) is 11.6 Å². The van der Waals surface area contributed by atoms with Crippen LogP contribution in [0.1, 0.15) is 113 Å². The number of carboxylic acid groups (broad SMARTS) is 2. The molecule has 0 unspecified atom stereocenters. The highest BCUT2D eigenvalue weighted by Crippen LogP contribution is 2.76. The molecular formula is C36H56O10. The lowest BCUT2D eigenvalue weighted by atomic mass is 9.32. The second-order valence-corrected chi connectivity index (χ2v) is 17.1. The predicted octanol–water partition coefficient (Wildman–Crippen LogP) is 4.16. The maximum absolute atomic E-state index is 12.9. The average Bonchev–Trinajstić information content (AvgIpc) is 2.97. The third kappa shape index (κ3) is 5.49. The lowest BCUT2D eigenvalue weighted by Gasteiger charge is -2.71.